The average Bonchev–Trinajstić information content (AvgIpc) is 2.95. The quantitative estimate of drug-likeness (QED) is 0.906. The second-order valence-corrected chi connectivity index (χ2v) is 6.15. The standard InChI is InChI=1S/C16H20N4O.ClH/c21-16-9-13(18-15-3-1-2-7-20(15)16)11-19-8-5-14-12(10-19)4-6-17-14;/h1-3,7,9,12,14,17H,4-6,8,10-11H2;1H. The van der Waals surface area contributed by atoms with Crippen LogP contribution in [-0.2, 0) is 6.54 Å². The molecule has 2 fully saturated rings. The number of rotatable bonds is 2. The molecule has 0 radical (unpaired) electrons. The number of likely N-dealkylation sites (tertiary alicyclic amines) is 1. The molecule has 0 bridgehead atoms. The lowest BCUT2D eigenvalue weighted by Crippen LogP contribution is -2.44. The van der Waals surface area contributed by atoms with E-state index in [1.807, 2.05) is 18.2 Å². The van der Waals surface area contributed by atoms with Crippen LogP contribution in [0.1, 0.15) is 18.5 Å². The van der Waals surface area contributed by atoms with Crippen LogP contribution >= 0.6 is 12.4 Å². The lowest BCUT2D eigenvalue weighted by atomic mass is 9.93. The smallest absolute Gasteiger partial charge is 0.258 e. The van der Waals surface area contributed by atoms with Gasteiger partial charge in [0.15, 0.2) is 0 Å². The Hall–Kier alpha value is -1.43. The molecule has 118 valence electrons. The van der Waals surface area contributed by atoms with Crippen molar-refractivity contribution < 1.29 is 0 Å². The average molecular weight is 321 g/mol. The highest BCUT2D eigenvalue weighted by atomic mass is 35.5. The molecule has 0 saturated carbocycles. The Morgan fingerprint density at radius 2 is 2.23 bits per heavy atom. The zero-order valence-corrected chi connectivity index (χ0v) is 13.3. The molecule has 4 heterocycles. The highest BCUT2D eigenvalue weighted by Crippen LogP contribution is 2.25. The molecular formula is C16H21ClN4O. The van der Waals surface area contributed by atoms with Crippen LogP contribution in [0.4, 0.5) is 0 Å². The fourth-order valence-electron chi connectivity index (χ4n) is 3.68. The van der Waals surface area contributed by atoms with Crippen LogP contribution in [0.3, 0.4) is 0 Å². The molecule has 22 heavy (non-hydrogen) atoms. The first-order chi connectivity index (χ1) is 10.3. The monoisotopic (exact) mass is 320 g/mol. The highest BCUT2D eigenvalue weighted by molar-refractivity contribution is 5.85. The summed E-state index contributed by atoms with van der Waals surface area (Å²) in [4.78, 5) is 19.2. The maximum atomic E-state index is 12.1. The molecule has 1 N–H and O–H groups in total. The predicted molar refractivity (Wildman–Crippen MR) is 88.5 cm³/mol. The molecule has 0 spiro atoms. The zero-order valence-electron chi connectivity index (χ0n) is 12.4. The van der Waals surface area contributed by atoms with E-state index in [2.05, 4.69) is 15.2 Å². The lowest BCUT2D eigenvalue weighted by molar-refractivity contribution is 0.154. The van der Waals surface area contributed by atoms with Crippen LogP contribution in [-0.4, -0.2) is 40.0 Å². The molecule has 2 atom stereocenters. The molecule has 6 heteroatoms. The van der Waals surface area contributed by atoms with E-state index in [0.29, 0.717) is 6.04 Å². The molecule has 2 aromatic rings. The number of halogens is 1. The summed E-state index contributed by atoms with van der Waals surface area (Å²) in [6.07, 6.45) is 4.25. The van der Waals surface area contributed by atoms with Gasteiger partial charge in [0.1, 0.15) is 5.65 Å². The van der Waals surface area contributed by atoms with Crippen LogP contribution in [0.25, 0.3) is 5.65 Å². The van der Waals surface area contributed by atoms with Crippen LogP contribution < -0.4 is 10.9 Å². The number of nitrogens with zero attached hydrogens (tertiary/aromatic N) is 3. The molecule has 4 rings (SSSR count). The van der Waals surface area contributed by atoms with Crippen molar-refractivity contribution in [2.24, 2.45) is 5.92 Å². The normalized spacial score (nSPS) is 24.9. The third kappa shape index (κ3) is 2.89. The molecule has 5 nitrogen and oxygen atoms in total. The number of piperidine rings is 1. The Morgan fingerprint density at radius 3 is 3.14 bits per heavy atom. The van der Waals surface area contributed by atoms with Gasteiger partial charge in [0.2, 0.25) is 0 Å². The maximum absolute atomic E-state index is 12.1. The topological polar surface area (TPSA) is 49.6 Å². The summed E-state index contributed by atoms with van der Waals surface area (Å²) in [5.41, 5.74) is 1.63. The van der Waals surface area contributed by atoms with E-state index in [4.69, 9.17) is 0 Å². The first-order valence-electron chi connectivity index (χ1n) is 7.73. The van der Waals surface area contributed by atoms with Gasteiger partial charge in [-0.3, -0.25) is 14.1 Å². The largest absolute Gasteiger partial charge is 0.314 e. The molecule has 0 amide bonds. The Kier molecular flexibility index (Phi) is 4.47. The minimum Gasteiger partial charge on any atom is -0.314 e. The summed E-state index contributed by atoms with van der Waals surface area (Å²) in [5.74, 6) is 0.764. The Labute approximate surface area is 135 Å². The van der Waals surface area contributed by atoms with E-state index >= 15 is 0 Å². The zero-order chi connectivity index (χ0) is 14.2. The van der Waals surface area contributed by atoms with Crippen molar-refractivity contribution in [1.29, 1.82) is 0 Å². The Morgan fingerprint density at radius 1 is 1.32 bits per heavy atom. The first kappa shape index (κ1) is 15.5. The molecule has 2 aliphatic heterocycles. The molecule has 0 aliphatic carbocycles. The van der Waals surface area contributed by atoms with Crippen LogP contribution in [0.5, 0.6) is 0 Å². The summed E-state index contributed by atoms with van der Waals surface area (Å²) in [6.45, 7) is 4.14. The summed E-state index contributed by atoms with van der Waals surface area (Å²) >= 11 is 0. The van der Waals surface area contributed by atoms with Crippen LogP contribution in [0.15, 0.2) is 35.3 Å². The number of fused-ring (bicyclic) bond motifs is 2. The maximum Gasteiger partial charge on any atom is 0.258 e. The number of pyridine rings is 1. The van der Waals surface area contributed by atoms with Crippen molar-refractivity contribution in [2.45, 2.75) is 25.4 Å². The van der Waals surface area contributed by atoms with Crippen LogP contribution in [0.2, 0.25) is 0 Å². The Balaban J connectivity index is 0.00000144. The van der Waals surface area contributed by atoms with Crippen molar-refractivity contribution >= 4 is 18.1 Å². The van der Waals surface area contributed by atoms with Gasteiger partial charge in [-0.25, -0.2) is 4.98 Å². The second-order valence-electron chi connectivity index (χ2n) is 6.15. The minimum absolute atomic E-state index is 0. The van der Waals surface area contributed by atoms with Crippen molar-refractivity contribution in [3.63, 3.8) is 0 Å². The van der Waals surface area contributed by atoms with Crippen molar-refractivity contribution in [1.82, 2.24) is 19.6 Å². The van der Waals surface area contributed by atoms with E-state index in [1.165, 1.54) is 12.8 Å². The summed E-state index contributed by atoms with van der Waals surface area (Å²) < 4.78 is 1.59. The van der Waals surface area contributed by atoms with Gasteiger partial charge in [0, 0.05) is 37.9 Å². The van der Waals surface area contributed by atoms with Crippen molar-refractivity contribution in [3.05, 3.63) is 46.5 Å². The summed E-state index contributed by atoms with van der Waals surface area (Å²) in [6, 6.07) is 8.04. The molecule has 2 saturated heterocycles. The molecule has 2 aromatic heterocycles. The van der Waals surface area contributed by atoms with E-state index in [0.717, 1.165) is 43.4 Å². The molecule has 0 aromatic carbocycles. The third-order valence-electron chi connectivity index (χ3n) is 4.75. The number of aromatic nitrogens is 2. The van der Waals surface area contributed by atoms with Crippen LogP contribution in [0, 0.1) is 5.92 Å². The van der Waals surface area contributed by atoms with E-state index < -0.39 is 0 Å². The molecule has 2 unspecified atom stereocenters. The van der Waals surface area contributed by atoms with E-state index in [9.17, 15) is 4.79 Å². The number of hydrogen-bond donors (Lipinski definition) is 1. The first-order valence-corrected chi connectivity index (χ1v) is 7.73. The van der Waals surface area contributed by atoms with Gasteiger partial charge in [0.25, 0.3) is 5.56 Å². The highest BCUT2D eigenvalue weighted by Gasteiger charge is 2.32. The van der Waals surface area contributed by atoms with E-state index in [-0.39, 0.29) is 18.0 Å². The van der Waals surface area contributed by atoms with E-state index in [1.54, 1.807) is 16.7 Å². The minimum atomic E-state index is 0. The summed E-state index contributed by atoms with van der Waals surface area (Å²) in [7, 11) is 0. The summed E-state index contributed by atoms with van der Waals surface area (Å²) in [5, 5.41) is 3.58. The van der Waals surface area contributed by atoms with Gasteiger partial charge >= 0.3 is 0 Å². The lowest BCUT2D eigenvalue weighted by Gasteiger charge is -2.34. The van der Waals surface area contributed by atoms with Crippen molar-refractivity contribution in [3.8, 4) is 0 Å². The predicted octanol–water partition coefficient (Wildman–Crippen LogP) is 1.30. The van der Waals surface area contributed by atoms with Gasteiger partial charge in [-0.1, -0.05) is 6.07 Å². The van der Waals surface area contributed by atoms with Gasteiger partial charge < -0.3 is 5.32 Å². The number of nitrogens with one attached hydrogen (secondary N) is 1. The number of hydrogen-bond acceptors (Lipinski definition) is 4. The third-order valence-corrected chi connectivity index (χ3v) is 4.75. The fraction of sp³-hybridized carbons (Fsp3) is 0.500. The molecular weight excluding hydrogens is 300 g/mol. The van der Waals surface area contributed by atoms with Gasteiger partial charge in [-0.2, -0.15) is 0 Å². The van der Waals surface area contributed by atoms with Gasteiger partial charge in [-0.05, 0) is 37.4 Å². The second kappa shape index (κ2) is 6.36. The Bertz CT molecular complexity index is 717. The SMILES string of the molecule is Cl.O=c1cc(CN2CCC3NCCC3C2)nc2ccccn12. The fourth-order valence-corrected chi connectivity index (χ4v) is 3.68. The van der Waals surface area contributed by atoms with Gasteiger partial charge in [0.05, 0.1) is 5.69 Å². The molecule has 2 aliphatic rings. The van der Waals surface area contributed by atoms with Crippen molar-refractivity contribution in [2.75, 3.05) is 19.6 Å². The van der Waals surface area contributed by atoms with Gasteiger partial charge in [-0.15, -0.1) is 12.4 Å².